The SMILES string of the molecule is Cc1noc(C(C)N2CCN(c3ncnc4sc5c(c34)CCC5)CC2)n1. The summed E-state index contributed by atoms with van der Waals surface area (Å²) in [6.45, 7) is 7.82. The number of aryl methyl sites for hydroxylation is 3. The number of hydrogen-bond donors (Lipinski definition) is 0. The molecule has 2 aliphatic rings. The molecule has 0 N–H and O–H groups in total. The van der Waals surface area contributed by atoms with E-state index in [1.54, 1.807) is 6.33 Å². The summed E-state index contributed by atoms with van der Waals surface area (Å²) in [5, 5.41) is 5.22. The topological polar surface area (TPSA) is 71.2 Å². The van der Waals surface area contributed by atoms with Gasteiger partial charge in [-0.15, -0.1) is 11.3 Å². The van der Waals surface area contributed by atoms with Crippen molar-refractivity contribution in [2.24, 2.45) is 0 Å². The van der Waals surface area contributed by atoms with E-state index in [4.69, 9.17) is 4.52 Å². The molecule has 1 aliphatic heterocycles. The summed E-state index contributed by atoms with van der Waals surface area (Å²) in [6.07, 6.45) is 5.35. The third-order valence-corrected chi connectivity index (χ3v) is 6.74. The number of thiophene rings is 1. The lowest BCUT2D eigenvalue weighted by Gasteiger charge is -2.37. The van der Waals surface area contributed by atoms with Crippen LogP contribution in [0.25, 0.3) is 10.2 Å². The maximum absolute atomic E-state index is 5.35. The van der Waals surface area contributed by atoms with Crippen molar-refractivity contribution in [2.75, 3.05) is 31.1 Å². The lowest BCUT2D eigenvalue weighted by Crippen LogP contribution is -2.47. The molecule has 0 aromatic carbocycles. The van der Waals surface area contributed by atoms with E-state index in [0.29, 0.717) is 11.7 Å². The Labute approximate surface area is 156 Å². The second kappa shape index (κ2) is 6.28. The van der Waals surface area contributed by atoms with Crippen molar-refractivity contribution in [3.8, 4) is 0 Å². The summed E-state index contributed by atoms with van der Waals surface area (Å²) >= 11 is 1.85. The van der Waals surface area contributed by atoms with Crippen molar-refractivity contribution in [1.29, 1.82) is 0 Å². The van der Waals surface area contributed by atoms with Gasteiger partial charge in [0.1, 0.15) is 17.0 Å². The first-order valence-corrected chi connectivity index (χ1v) is 10.1. The van der Waals surface area contributed by atoms with Crippen molar-refractivity contribution in [3.05, 3.63) is 28.5 Å². The first kappa shape index (κ1) is 16.1. The Bertz CT molecular complexity index is 942. The van der Waals surface area contributed by atoms with Gasteiger partial charge >= 0.3 is 0 Å². The van der Waals surface area contributed by atoms with Crippen molar-refractivity contribution >= 4 is 27.4 Å². The maximum atomic E-state index is 5.35. The number of piperazine rings is 1. The third kappa shape index (κ3) is 2.59. The van der Waals surface area contributed by atoms with Gasteiger partial charge in [-0.2, -0.15) is 4.98 Å². The smallest absolute Gasteiger partial charge is 0.243 e. The van der Waals surface area contributed by atoms with Gasteiger partial charge in [-0.25, -0.2) is 9.97 Å². The lowest BCUT2D eigenvalue weighted by molar-refractivity contribution is 0.164. The minimum atomic E-state index is 0.147. The first-order chi connectivity index (χ1) is 12.7. The summed E-state index contributed by atoms with van der Waals surface area (Å²) in [5.41, 5.74) is 1.50. The van der Waals surface area contributed by atoms with Crippen LogP contribution in [0.2, 0.25) is 0 Å². The summed E-state index contributed by atoms with van der Waals surface area (Å²) in [6, 6.07) is 0.147. The van der Waals surface area contributed by atoms with Gasteiger partial charge < -0.3 is 9.42 Å². The average molecular weight is 370 g/mol. The molecule has 7 nitrogen and oxygen atoms in total. The fourth-order valence-electron chi connectivity index (χ4n) is 4.11. The number of rotatable bonds is 3. The van der Waals surface area contributed by atoms with Gasteiger partial charge in [0.15, 0.2) is 5.82 Å². The van der Waals surface area contributed by atoms with Crippen LogP contribution in [0.5, 0.6) is 0 Å². The van der Waals surface area contributed by atoms with Gasteiger partial charge in [0.2, 0.25) is 5.89 Å². The predicted molar refractivity (Wildman–Crippen MR) is 101 cm³/mol. The number of nitrogens with zero attached hydrogens (tertiary/aromatic N) is 6. The summed E-state index contributed by atoms with van der Waals surface area (Å²) in [4.78, 5) is 21.1. The molecule has 1 fully saturated rings. The van der Waals surface area contributed by atoms with E-state index < -0.39 is 0 Å². The monoisotopic (exact) mass is 370 g/mol. The number of fused-ring (bicyclic) bond motifs is 3. The average Bonchev–Trinajstić information content (AvgIpc) is 3.36. The first-order valence-electron chi connectivity index (χ1n) is 9.25. The number of aromatic nitrogens is 4. The van der Waals surface area contributed by atoms with Crippen molar-refractivity contribution in [2.45, 2.75) is 39.2 Å². The van der Waals surface area contributed by atoms with E-state index >= 15 is 0 Å². The molecular formula is C18H22N6OS. The minimum absolute atomic E-state index is 0.147. The predicted octanol–water partition coefficient (Wildman–Crippen LogP) is 2.75. The van der Waals surface area contributed by atoms with E-state index in [1.807, 2.05) is 18.3 Å². The Morgan fingerprint density at radius 2 is 2.00 bits per heavy atom. The molecule has 26 heavy (non-hydrogen) atoms. The van der Waals surface area contributed by atoms with Gasteiger partial charge in [-0.05, 0) is 38.7 Å². The second-order valence-electron chi connectivity index (χ2n) is 7.11. The Hall–Kier alpha value is -2.06. The highest BCUT2D eigenvalue weighted by Crippen LogP contribution is 2.40. The maximum Gasteiger partial charge on any atom is 0.243 e. The highest BCUT2D eigenvalue weighted by atomic mass is 32.1. The van der Waals surface area contributed by atoms with Crippen LogP contribution in [0.4, 0.5) is 5.82 Å². The molecule has 3 aromatic heterocycles. The van der Waals surface area contributed by atoms with Crippen LogP contribution >= 0.6 is 11.3 Å². The van der Waals surface area contributed by atoms with Gasteiger partial charge in [0.05, 0.1) is 11.4 Å². The molecule has 4 heterocycles. The van der Waals surface area contributed by atoms with Crippen LogP contribution < -0.4 is 4.90 Å². The fraction of sp³-hybridized carbons (Fsp3) is 0.556. The minimum Gasteiger partial charge on any atom is -0.353 e. The van der Waals surface area contributed by atoms with Crippen LogP contribution in [-0.4, -0.2) is 51.2 Å². The van der Waals surface area contributed by atoms with E-state index in [9.17, 15) is 0 Å². The molecule has 5 rings (SSSR count). The molecule has 8 heteroatoms. The Morgan fingerprint density at radius 3 is 2.77 bits per heavy atom. The molecule has 0 bridgehead atoms. The molecule has 0 amide bonds. The van der Waals surface area contributed by atoms with Crippen molar-refractivity contribution in [3.63, 3.8) is 0 Å². The zero-order valence-electron chi connectivity index (χ0n) is 15.1. The quantitative estimate of drug-likeness (QED) is 0.702. The highest BCUT2D eigenvalue weighted by Gasteiger charge is 2.28. The van der Waals surface area contributed by atoms with E-state index in [-0.39, 0.29) is 6.04 Å². The van der Waals surface area contributed by atoms with Gasteiger partial charge in [0.25, 0.3) is 0 Å². The third-order valence-electron chi connectivity index (χ3n) is 5.54. The zero-order valence-corrected chi connectivity index (χ0v) is 15.9. The molecule has 1 saturated heterocycles. The molecule has 1 atom stereocenters. The van der Waals surface area contributed by atoms with Gasteiger partial charge in [-0.1, -0.05) is 5.16 Å². The van der Waals surface area contributed by atoms with Gasteiger partial charge in [0, 0.05) is 31.1 Å². The molecule has 0 spiro atoms. The molecule has 0 radical (unpaired) electrons. The van der Waals surface area contributed by atoms with Crippen molar-refractivity contribution < 1.29 is 4.52 Å². The Kier molecular flexibility index (Phi) is 3.90. The van der Waals surface area contributed by atoms with Crippen LogP contribution in [-0.2, 0) is 12.8 Å². The molecule has 136 valence electrons. The molecule has 0 saturated carbocycles. The van der Waals surface area contributed by atoms with Gasteiger partial charge in [-0.3, -0.25) is 4.90 Å². The molecular weight excluding hydrogens is 348 g/mol. The van der Waals surface area contributed by atoms with Crippen LogP contribution in [0.1, 0.15) is 41.5 Å². The summed E-state index contributed by atoms with van der Waals surface area (Å²) < 4.78 is 5.35. The highest BCUT2D eigenvalue weighted by molar-refractivity contribution is 7.19. The van der Waals surface area contributed by atoms with Crippen LogP contribution in [0, 0.1) is 6.92 Å². The molecule has 1 unspecified atom stereocenters. The Balaban J connectivity index is 1.37. The van der Waals surface area contributed by atoms with Crippen LogP contribution in [0.3, 0.4) is 0 Å². The van der Waals surface area contributed by atoms with E-state index in [0.717, 1.165) is 36.8 Å². The van der Waals surface area contributed by atoms with Crippen LogP contribution in [0.15, 0.2) is 10.9 Å². The van der Waals surface area contributed by atoms with E-state index in [2.05, 4.69) is 36.8 Å². The number of hydrogen-bond acceptors (Lipinski definition) is 8. The van der Waals surface area contributed by atoms with E-state index in [1.165, 1.54) is 35.1 Å². The fourth-order valence-corrected chi connectivity index (χ4v) is 5.34. The Morgan fingerprint density at radius 1 is 1.15 bits per heavy atom. The lowest BCUT2D eigenvalue weighted by atomic mass is 10.1. The van der Waals surface area contributed by atoms with Crippen molar-refractivity contribution in [1.82, 2.24) is 25.0 Å². The number of anilines is 1. The summed E-state index contributed by atoms with van der Waals surface area (Å²) in [5.74, 6) is 2.52. The zero-order chi connectivity index (χ0) is 17.7. The molecule has 1 aliphatic carbocycles. The summed E-state index contributed by atoms with van der Waals surface area (Å²) in [7, 11) is 0. The second-order valence-corrected chi connectivity index (χ2v) is 8.20. The molecule has 3 aromatic rings. The standard InChI is InChI=1S/C18H22N6OS/c1-11(17-21-12(2)22-25-17)23-6-8-24(9-7-23)16-15-13-4-3-5-14(13)26-18(15)20-10-19-16/h10-11H,3-9H2,1-2H3. The largest absolute Gasteiger partial charge is 0.353 e. The normalized spacial score (nSPS) is 19.2.